The molecular weight excluding hydrogens is 344 g/mol. The maximum absolute atomic E-state index is 12.0. The van der Waals surface area contributed by atoms with Crippen LogP contribution in [-0.4, -0.2) is 25.5 Å². The monoisotopic (exact) mass is 374 g/mol. The van der Waals surface area contributed by atoms with E-state index in [1.165, 1.54) is 12.5 Å². The Balaban J connectivity index is 1.86. The van der Waals surface area contributed by atoms with Gasteiger partial charge in [0.1, 0.15) is 0 Å². The highest BCUT2D eigenvalue weighted by Gasteiger charge is 2.20. The van der Waals surface area contributed by atoms with E-state index >= 15 is 0 Å². The SMILES string of the molecule is COc1cc(/C=C/C(=O)NNC(=O)C2CCCCC2)ccc1OCC(C)C. The highest BCUT2D eigenvalue weighted by atomic mass is 16.5. The second kappa shape index (κ2) is 10.6. The molecule has 27 heavy (non-hydrogen) atoms. The number of hydrazine groups is 1. The minimum Gasteiger partial charge on any atom is -0.493 e. The summed E-state index contributed by atoms with van der Waals surface area (Å²) in [4.78, 5) is 24.0. The number of carbonyl (C=O) groups is 2. The molecule has 1 aliphatic rings. The number of nitrogens with one attached hydrogen (secondary N) is 2. The normalized spacial score (nSPS) is 15.0. The van der Waals surface area contributed by atoms with Gasteiger partial charge in [-0.3, -0.25) is 20.4 Å². The van der Waals surface area contributed by atoms with Gasteiger partial charge >= 0.3 is 0 Å². The molecule has 148 valence electrons. The van der Waals surface area contributed by atoms with E-state index in [9.17, 15) is 9.59 Å². The molecule has 0 unspecified atom stereocenters. The van der Waals surface area contributed by atoms with E-state index in [0.717, 1.165) is 31.2 Å². The third kappa shape index (κ3) is 6.96. The Bertz CT molecular complexity index is 664. The maximum atomic E-state index is 12.0. The Kier molecular flexibility index (Phi) is 8.17. The van der Waals surface area contributed by atoms with E-state index in [1.54, 1.807) is 19.3 Å². The highest BCUT2D eigenvalue weighted by Crippen LogP contribution is 2.29. The van der Waals surface area contributed by atoms with Crippen LogP contribution in [0, 0.1) is 11.8 Å². The molecule has 6 nitrogen and oxygen atoms in total. The van der Waals surface area contributed by atoms with Crippen molar-refractivity contribution in [3.05, 3.63) is 29.8 Å². The minimum absolute atomic E-state index is 0.00525. The highest BCUT2D eigenvalue weighted by molar-refractivity contribution is 5.93. The van der Waals surface area contributed by atoms with Crippen LogP contribution in [0.2, 0.25) is 0 Å². The van der Waals surface area contributed by atoms with E-state index in [2.05, 4.69) is 24.7 Å². The lowest BCUT2D eigenvalue weighted by Gasteiger charge is -2.20. The first-order valence-corrected chi connectivity index (χ1v) is 9.58. The van der Waals surface area contributed by atoms with Crippen molar-refractivity contribution in [1.29, 1.82) is 0 Å². The van der Waals surface area contributed by atoms with Gasteiger partial charge in [-0.25, -0.2) is 0 Å². The fourth-order valence-electron chi connectivity index (χ4n) is 2.97. The van der Waals surface area contributed by atoms with Crippen LogP contribution in [-0.2, 0) is 9.59 Å². The van der Waals surface area contributed by atoms with Crippen molar-refractivity contribution >= 4 is 17.9 Å². The summed E-state index contributed by atoms with van der Waals surface area (Å²) in [5, 5.41) is 0. The fraction of sp³-hybridized carbons (Fsp3) is 0.524. The lowest BCUT2D eigenvalue weighted by atomic mass is 9.89. The van der Waals surface area contributed by atoms with Crippen LogP contribution in [0.3, 0.4) is 0 Å². The van der Waals surface area contributed by atoms with Crippen molar-refractivity contribution in [3.63, 3.8) is 0 Å². The number of carbonyl (C=O) groups excluding carboxylic acids is 2. The number of hydrogen-bond donors (Lipinski definition) is 2. The number of hydrogen-bond acceptors (Lipinski definition) is 4. The van der Waals surface area contributed by atoms with Crippen molar-refractivity contribution in [2.24, 2.45) is 11.8 Å². The second-order valence-corrected chi connectivity index (χ2v) is 7.26. The van der Waals surface area contributed by atoms with Gasteiger partial charge in [-0.05, 0) is 42.5 Å². The Morgan fingerprint density at radius 2 is 1.89 bits per heavy atom. The van der Waals surface area contributed by atoms with Crippen molar-refractivity contribution in [2.45, 2.75) is 46.0 Å². The molecule has 0 heterocycles. The van der Waals surface area contributed by atoms with Crippen LogP contribution in [0.25, 0.3) is 6.08 Å². The Hall–Kier alpha value is -2.50. The quantitative estimate of drug-likeness (QED) is 0.566. The summed E-state index contributed by atoms with van der Waals surface area (Å²) in [5.41, 5.74) is 5.76. The van der Waals surface area contributed by atoms with Gasteiger partial charge in [-0.1, -0.05) is 39.2 Å². The van der Waals surface area contributed by atoms with Crippen LogP contribution in [0.1, 0.15) is 51.5 Å². The molecule has 0 radical (unpaired) electrons. The summed E-state index contributed by atoms with van der Waals surface area (Å²) in [5.74, 6) is 1.23. The summed E-state index contributed by atoms with van der Waals surface area (Å²) in [6.07, 6.45) is 8.16. The van der Waals surface area contributed by atoms with Gasteiger partial charge in [0.25, 0.3) is 5.91 Å². The van der Waals surface area contributed by atoms with Crippen LogP contribution in [0.5, 0.6) is 11.5 Å². The van der Waals surface area contributed by atoms with Crippen LogP contribution < -0.4 is 20.3 Å². The maximum Gasteiger partial charge on any atom is 0.262 e. The molecular formula is C21H30N2O4. The first kappa shape index (κ1) is 20.8. The molecule has 1 aromatic carbocycles. The van der Waals surface area contributed by atoms with Crippen LogP contribution in [0.4, 0.5) is 0 Å². The Morgan fingerprint density at radius 1 is 1.15 bits per heavy atom. The third-order valence-electron chi connectivity index (χ3n) is 4.47. The van der Waals surface area contributed by atoms with Crippen molar-refractivity contribution in [3.8, 4) is 11.5 Å². The third-order valence-corrected chi connectivity index (χ3v) is 4.47. The first-order chi connectivity index (χ1) is 13.0. The summed E-state index contributed by atoms with van der Waals surface area (Å²) >= 11 is 0. The molecule has 6 heteroatoms. The van der Waals surface area contributed by atoms with Gasteiger partial charge in [0.2, 0.25) is 5.91 Å². The predicted octanol–water partition coefficient (Wildman–Crippen LogP) is 3.47. The summed E-state index contributed by atoms with van der Waals surface area (Å²) in [7, 11) is 1.58. The number of methoxy groups -OCH3 is 1. The topological polar surface area (TPSA) is 76.7 Å². The van der Waals surface area contributed by atoms with E-state index in [0.29, 0.717) is 24.0 Å². The molecule has 1 saturated carbocycles. The van der Waals surface area contributed by atoms with E-state index in [1.807, 2.05) is 12.1 Å². The van der Waals surface area contributed by atoms with Crippen LogP contribution in [0.15, 0.2) is 24.3 Å². The number of amides is 2. The van der Waals surface area contributed by atoms with Crippen molar-refractivity contribution in [2.75, 3.05) is 13.7 Å². The molecule has 1 aliphatic carbocycles. The van der Waals surface area contributed by atoms with Gasteiger partial charge in [-0.2, -0.15) is 0 Å². The molecule has 1 aromatic rings. The van der Waals surface area contributed by atoms with Gasteiger partial charge in [0.05, 0.1) is 13.7 Å². The zero-order valence-electron chi connectivity index (χ0n) is 16.4. The van der Waals surface area contributed by atoms with E-state index in [-0.39, 0.29) is 17.7 Å². The standard InChI is InChI=1S/C21H30N2O4/c1-15(2)14-27-18-11-9-16(13-19(18)26-3)10-12-20(24)22-23-21(25)17-7-5-4-6-8-17/h9-13,15,17H,4-8,14H2,1-3H3,(H,22,24)(H,23,25)/b12-10+. The fourth-order valence-corrected chi connectivity index (χ4v) is 2.97. The zero-order chi connectivity index (χ0) is 19.6. The molecule has 2 amide bonds. The molecule has 0 bridgehead atoms. The molecule has 0 aliphatic heterocycles. The molecule has 0 spiro atoms. The summed E-state index contributed by atoms with van der Waals surface area (Å²) in [6.45, 7) is 4.76. The van der Waals surface area contributed by atoms with E-state index in [4.69, 9.17) is 9.47 Å². The predicted molar refractivity (Wildman–Crippen MR) is 105 cm³/mol. The van der Waals surface area contributed by atoms with Gasteiger partial charge in [-0.15, -0.1) is 0 Å². The molecule has 0 atom stereocenters. The second-order valence-electron chi connectivity index (χ2n) is 7.26. The zero-order valence-corrected chi connectivity index (χ0v) is 16.4. The number of ether oxygens (including phenoxy) is 2. The van der Waals surface area contributed by atoms with E-state index < -0.39 is 0 Å². The molecule has 0 aromatic heterocycles. The van der Waals surface area contributed by atoms with Crippen LogP contribution >= 0.6 is 0 Å². The molecule has 1 fully saturated rings. The average molecular weight is 374 g/mol. The lowest BCUT2D eigenvalue weighted by Crippen LogP contribution is -2.44. The largest absolute Gasteiger partial charge is 0.493 e. The summed E-state index contributed by atoms with van der Waals surface area (Å²) < 4.78 is 11.1. The Morgan fingerprint density at radius 3 is 2.56 bits per heavy atom. The molecule has 0 saturated heterocycles. The molecule has 2 N–H and O–H groups in total. The van der Waals surface area contributed by atoms with Crippen molar-refractivity contribution < 1.29 is 19.1 Å². The minimum atomic E-state index is -0.377. The Labute approximate surface area is 161 Å². The smallest absolute Gasteiger partial charge is 0.262 e. The number of rotatable bonds is 7. The summed E-state index contributed by atoms with van der Waals surface area (Å²) in [6, 6.07) is 5.48. The van der Waals surface area contributed by atoms with Gasteiger partial charge in [0.15, 0.2) is 11.5 Å². The first-order valence-electron chi connectivity index (χ1n) is 9.58. The molecule has 2 rings (SSSR count). The van der Waals surface area contributed by atoms with Crippen molar-refractivity contribution in [1.82, 2.24) is 10.9 Å². The average Bonchev–Trinajstić information content (AvgIpc) is 2.69. The lowest BCUT2D eigenvalue weighted by molar-refractivity contribution is -0.130. The van der Waals surface area contributed by atoms with Gasteiger partial charge < -0.3 is 9.47 Å². The number of benzene rings is 1. The van der Waals surface area contributed by atoms with Gasteiger partial charge in [0, 0.05) is 12.0 Å².